The highest BCUT2D eigenvalue weighted by Crippen LogP contribution is 2.47. The molecule has 4 nitrogen and oxygen atoms in total. The van der Waals surface area contributed by atoms with Crippen LogP contribution in [0.5, 0.6) is 0 Å². The van der Waals surface area contributed by atoms with E-state index >= 15 is 0 Å². The lowest BCUT2D eigenvalue weighted by Crippen LogP contribution is -2.34. The van der Waals surface area contributed by atoms with Crippen LogP contribution < -0.4 is 0 Å². The zero-order valence-electron chi connectivity index (χ0n) is 16.8. The fraction of sp³-hybridized carbons (Fsp3) is 0.542. The average Bonchev–Trinajstić information content (AvgIpc) is 3.33. The smallest absolute Gasteiger partial charge is 0.225 e. The molecule has 0 unspecified atom stereocenters. The molecule has 4 heteroatoms. The van der Waals surface area contributed by atoms with E-state index in [4.69, 9.17) is 8.83 Å². The summed E-state index contributed by atoms with van der Waals surface area (Å²) in [6, 6.07) is 6.42. The SMILES string of the molecule is CCCCN1CCC(c2c(C3CCC3)oc3ccc(-c4ncco4)cc23)CC1. The summed E-state index contributed by atoms with van der Waals surface area (Å²) in [6.07, 6.45) is 12.3. The maximum absolute atomic E-state index is 6.46. The van der Waals surface area contributed by atoms with Crippen molar-refractivity contribution in [3.8, 4) is 11.5 Å². The zero-order chi connectivity index (χ0) is 18.9. The third kappa shape index (κ3) is 3.28. The van der Waals surface area contributed by atoms with E-state index in [0.29, 0.717) is 17.7 Å². The first-order valence-corrected chi connectivity index (χ1v) is 11.0. The van der Waals surface area contributed by atoms with E-state index in [9.17, 15) is 0 Å². The second kappa shape index (κ2) is 7.75. The molecule has 3 aromatic rings. The Morgan fingerprint density at radius 1 is 1.11 bits per heavy atom. The van der Waals surface area contributed by atoms with Gasteiger partial charge in [0.25, 0.3) is 0 Å². The van der Waals surface area contributed by atoms with Crippen molar-refractivity contribution in [2.75, 3.05) is 19.6 Å². The molecule has 1 saturated heterocycles. The summed E-state index contributed by atoms with van der Waals surface area (Å²) in [5.41, 5.74) is 3.56. The highest BCUT2D eigenvalue weighted by Gasteiger charge is 2.32. The first kappa shape index (κ1) is 18.0. The Morgan fingerprint density at radius 3 is 2.64 bits per heavy atom. The number of oxazole rings is 1. The second-order valence-electron chi connectivity index (χ2n) is 8.53. The quantitative estimate of drug-likeness (QED) is 0.502. The molecule has 1 aliphatic carbocycles. The van der Waals surface area contributed by atoms with Crippen molar-refractivity contribution in [2.45, 2.75) is 63.7 Å². The van der Waals surface area contributed by atoms with Crippen LogP contribution in [0.3, 0.4) is 0 Å². The van der Waals surface area contributed by atoms with Crippen molar-refractivity contribution < 1.29 is 8.83 Å². The van der Waals surface area contributed by atoms with Crippen LogP contribution in [0.15, 0.2) is 39.5 Å². The van der Waals surface area contributed by atoms with Gasteiger partial charge in [0.2, 0.25) is 5.89 Å². The van der Waals surface area contributed by atoms with Crippen LogP contribution in [-0.2, 0) is 0 Å². The van der Waals surface area contributed by atoms with Gasteiger partial charge in [-0.1, -0.05) is 19.8 Å². The largest absolute Gasteiger partial charge is 0.460 e. The van der Waals surface area contributed by atoms with E-state index in [1.807, 2.05) is 0 Å². The number of hydrogen-bond donors (Lipinski definition) is 0. The number of benzene rings is 1. The molecule has 2 fully saturated rings. The van der Waals surface area contributed by atoms with Crippen molar-refractivity contribution >= 4 is 11.0 Å². The second-order valence-corrected chi connectivity index (χ2v) is 8.53. The van der Waals surface area contributed by atoms with Crippen molar-refractivity contribution in [2.24, 2.45) is 0 Å². The minimum absolute atomic E-state index is 0.606. The number of likely N-dealkylation sites (tertiary alicyclic amines) is 1. The van der Waals surface area contributed by atoms with Crippen LogP contribution in [0.1, 0.15) is 75.0 Å². The van der Waals surface area contributed by atoms with E-state index in [-0.39, 0.29) is 0 Å². The summed E-state index contributed by atoms with van der Waals surface area (Å²) in [5, 5.41) is 1.28. The molecule has 2 aromatic heterocycles. The van der Waals surface area contributed by atoms with Crippen LogP contribution in [0.4, 0.5) is 0 Å². The number of furan rings is 1. The van der Waals surface area contributed by atoms with E-state index in [2.05, 4.69) is 35.0 Å². The van der Waals surface area contributed by atoms with Gasteiger partial charge in [-0.2, -0.15) is 0 Å². The van der Waals surface area contributed by atoms with Crippen molar-refractivity contribution in [3.05, 3.63) is 42.0 Å². The molecule has 1 aromatic carbocycles. The molecule has 1 aliphatic heterocycles. The molecule has 0 atom stereocenters. The van der Waals surface area contributed by atoms with Crippen LogP contribution in [-0.4, -0.2) is 29.5 Å². The lowest BCUT2D eigenvalue weighted by Gasteiger charge is -2.33. The molecule has 148 valence electrons. The molecule has 2 aliphatic rings. The van der Waals surface area contributed by atoms with Gasteiger partial charge in [-0.05, 0) is 75.9 Å². The number of aromatic nitrogens is 1. The van der Waals surface area contributed by atoms with Gasteiger partial charge >= 0.3 is 0 Å². The van der Waals surface area contributed by atoms with E-state index < -0.39 is 0 Å². The third-order valence-corrected chi connectivity index (χ3v) is 6.73. The van der Waals surface area contributed by atoms with Gasteiger partial charge < -0.3 is 13.7 Å². The van der Waals surface area contributed by atoms with Crippen LogP contribution in [0, 0.1) is 0 Å². The summed E-state index contributed by atoms with van der Waals surface area (Å²) in [4.78, 5) is 6.98. The average molecular weight is 379 g/mol. The monoisotopic (exact) mass is 378 g/mol. The van der Waals surface area contributed by atoms with Crippen LogP contribution in [0.25, 0.3) is 22.4 Å². The summed E-state index contributed by atoms with van der Waals surface area (Å²) < 4.78 is 12.0. The Hall–Kier alpha value is -2.07. The zero-order valence-corrected chi connectivity index (χ0v) is 16.8. The molecule has 1 saturated carbocycles. The molecule has 0 radical (unpaired) electrons. The molecule has 5 rings (SSSR count). The standard InChI is InChI=1S/C24H30N2O2/c1-2-3-12-26-13-9-17(10-14-26)22-20-16-19(24-25-11-15-27-24)7-8-21(20)28-23(22)18-5-4-6-18/h7-8,11,15-18H,2-6,9-10,12-14H2,1H3. The first-order valence-electron chi connectivity index (χ1n) is 11.0. The third-order valence-electron chi connectivity index (χ3n) is 6.73. The number of piperidine rings is 1. The van der Waals surface area contributed by atoms with Crippen molar-refractivity contribution in [1.82, 2.24) is 9.88 Å². The number of unbranched alkanes of at least 4 members (excludes halogenated alkanes) is 1. The molecule has 0 N–H and O–H groups in total. The van der Waals surface area contributed by atoms with Crippen LogP contribution in [0.2, 0.25) is 0 Å². The number of nitrogens with zero attached hydrogens (tertiary/aromatic N) is 2. The van der Waals surface area contributed by atoms with E-state index in [1.165, 1.54) is 81.3 Å². The molecule has 0 spiro atoms. The van der Waals surface area contributed by atoms with Crippen LogP contribution >= 0.6 is 0 Å². The number of rotatable bonds is 6. The lowest BCUT2D eigenvalue weighted by molar-refractivity contribution is 0.208. The van der Waals surface area contributed by atoms with E-state index in [1.54, 1.807) is 12.5 Å². The fourth-order valence-electron chi connectivity index (χ4n) is 4.86. The topological polar surface area (TPSA) is 42.4 Å². The maximum Gasteiger partial charge on any atom is 0.225 e. The molecule has 3 heterocycles. The minimum Gasteiger partial charge on any atom is -0.460 e. The molecular formula is C24H30N2O2. The van der Waals surface area contributed by atoms with Crippen molar-refractivity contribution in [1.29, 1.82) is 0 Å². The number of fused-ring (bicyclic) bond motifs is 1. The Morgan fingerprint density at radius 2 is 1.96 bits per heavy atom. The van der Waals surface area contributed by atoms with Crippen molar-refractivity contribution in [3.63, 3.8) is 0 Å². The fourth-order valence-corrected chi connectivity index (χ4v) is 4.86. The van der Waals surface area contributed by atoms with Gasteiger partial charge in [-0.3, -0.25) is 0 Å². The summed E-state index contributed by atoms with van der Waals surface area (Å²) in [7, 11) is 0. The minimum atomic E-state index is 0.606. The maximum atomic E-state index is 6.46. The summed E-state index contributed by atoms with van der Waals surface area (Å²) >= 11 is 0. The predicted molar refractivity (Wildman–Crippen MR) is 112 cm³/mol. The lowest BCUT2D eigenvalue weighted by atomic mass is 9.78. The van der Waals surface area contributed by atoms with E-state index in [0.717, 1.165) is 11.1 Å². The Kier molecular flexibility index (Phi) is 4.98. The van der Waals surface area contributed by atoms with Gasteiger partial charge in [0.15, 0.2) is 0 Å². The predicted octanol–water partition coefficient (Wildman–Crippen LogP) is 6.33. The molecule has 28 heavy (non-hydrogen) atoms. The number of hydrogen-bond acceptors (Lipinski definition) is 4. The highest BCUT2D eigenvalue weighted by atomic mass is 16.3. The van der Waals surface area contributed by atoms with Gasteiger partial charge in [0.05, 0.1) is 6.20 Å². The summed E-state index contributed by atoms with van der Waals surface area (Å²) in [6.45, 7) is 5.95. The van der Waals surface area contributed by atoms with Gasteiger partial charge in [0, 0.05) is 22.4 Å². The Balaban J connectivity index is 1.49. The normalized spacial score (nSPS) is 19.3. The van der Waals surface area contributed by atoms with Gasteiger partial charge in [0.1, 0.15) is 17.6 Å². The summed E-state index contributed by atoms with van der Waals surface area (Å²) in [5.74, 6) is 3.19. The van der Waals surface area contributed by atoms with Gasteiger partial charge in [-0.15, -0.1) is 0 Å². The Labute approximate surface area is 166 Å². The van der Waals surface area contributed by atoms with Gasteiger partial charge in [-0.25, -0.2) is 4.98 Å². The molecular weight excluding hydrogens is 348 g/mol. The first-order chi connectivity index (χ1) is 13.8. The molecule has 0 amide bonds. The highest BCUT2D eigenvalue weighted by molar-refractivity contribution is 5.87. The Bertz CT molecular complexity index is 916. The molecule has 0 bridgehead atoms.